The van der Waals surface area contributed by atoms with Crippen molar-refractivity contribution < 1.29 is 23.9 Å². The highest BCUT2D eigenvalue weighted by Gasteiger charge is 2.43. The van der Waals surface area contributed by atoms with Crippen LogP contribution in [0.2, 0.25) is 0 Å². The van der Waals surface area contributed by atoms with Crippen LogP contribution in [-0.4, -0.2) is 75.5 Å². The smallest absolute Gasteiger partial charge is 0.323 e. The van der Waals surface area contributed by atoms with Crippen LogP contribution in [0.15, 0.2) is 66.9 Å². The number of benzene rings is 1. The van der Waals surface area contributed by atoms with Crippen molar-refractivity contribution in [2.75, 3.05) is 41.8 Å². The lowest BCUT2D eigenvalue weighted by Crippen LogP contribution is -2.52. The molecule has 3 aromatic heterocycles. The third-order valence-corrected chi connectivity index (χ3v) is 9.68. The maximum Gasteiger partial charge on any atom is 0.323 e. The fourth-order valence-corrected chi connectivity index (χ4v) is 7.40. The van der Waals surface area contributed by atoms with Gasteiger partial charge in [0.1, 0.15) is 11.4 Å². The van der Waals surface area contributed by atoms with Crippen molar-refractivity contribution in [1.29, 1.82) is 0 Å². The molecule has 4 aliphatic heterocycles. The number of ether oxygens (including phenoxy) is 2. The monoisotopic (exact) mass is 633 g/mol. The topological polar surface area (TPSA) is 131 Å². The number of nitrogens with one attached hydrogen (secondary N) is 2. The number of hydrogen-bond donors (Lipinski definition) is 2. The standard InChI is InChI=1S/C35H35N7O5/c1-40-18-22(15-30-32(43)27-16-23(4-7-29(27)47-30)38-35(45)39-24-3-2-11-36-17-24)31-28(8-12-37-33(31)40)41-13-9-21(10-14-41)34(44)42-25-5-6-26(42)20-46-19-25/h2-4,7-8,11-12,15-18,21,25-26H,5-6,9-10,13-14,19-20H2,1H3,(H2,38,39,45)/b30-15-. The molecule has 7 heterocycles. The van der Waals surface area contributed by atoms with Gasteiger partial charge in [-0.3, -0.25) is 14.6 Å². The van der Waals surface area contributed by atoms with E-state index in [1.165, 1.54) is 0 Å². The summed E-state index contributed by atoms with van der Waals surface area (Å²) in [5, 5.41) is 6.41. The molecular weight excluding hydrogens is 598 g/mol. The number of fused-ring (bicyclic) bond motifs is 4. The molecule has 1 aromatic carbocycles. The molecule has 3 fully saturated rings. The Hall–Kier alpha value is -5.23. The summed E-state index contributed by atoms with van der Waals surface area (Å²) >= 11 is 0. The SMILES string of the molecule is Cn1cc(/C=C2\Oc3ccc(NC(=O)Nc4cccnc4)cc3C2=O)c2c(N3CCC(C(=O)N4C5CCC4COC5)CC3)ccnc21. The molecule has 3 saturated heterocycles. The molecule has 0 radical (unpaired) electrons. The molecule has 2 bridgehead atoms. The van der Waals surface area contributed by atoms with Crippen LogP contribution in [0.5, 0.6) is 5.75 Å². The number of carbonyl (C=O) groups is 3. The molecule has 47 heavy (non-hydrogen) atoms. The average molecular weight is 634 g/mol. The van der Waals surface area contributed by atoms with Crippen molar-refractivity contribution >= 4 is 51.9 Å². The molecule has 0 saturated carbocycles. The van der Waals surface area contributed by atoms with E-state index in [1.807, 2.05) is 30.1 Å². The molecule has 240 valence electrons. The van der Waals surface area contributed by atoms with Gasteiger partial charge in [-0.25, -0.2) is 9.78 Å². The highest BCUT2D eigenvalue weighted by molar-refractivity contribution is 6.16. The van der Waals surface area contributed by atoms with Crippen molar-refractivity contribution in [3.8, 4) is 5.75 Å². The maximum atomic E-state index is 13.6. The normalized spacial score (nSPS) is 21.6. The van der Waals surface area contributed by atoms with Gasteiger partial charge in [-0.2, -0.15) is 0 Å². The minimum atomic E-state index is -0.447. The van der Waals surface area contributed by atoms with Gasteiger partial charge in [0.2, 0.25) is 11.7 Å². The Morgan fingerprint density at radius 3 is 2.53 bits per heavy atom. The van der Waals surface area contributed by atoms with Crippen LogP contribution in [0.25, 0.3) is 17.1 Å². The number of aryl methyl sites for hydroxylation is 1. The number of ketones is 1. The summed E-state index contributed by atoms with van der Waals surface area (Å²) in [6, 6.07) is 10.5. The number of rotatable bonds is 5. The van der Waals surface area contributed by atoms with Crippen LogP contribution >= 0.6 is 0 Å². The summed E-state index contributed by atoms with van der Waals surface area (Å²) in [5.41, 5.74) is 4.02. The van der Waals surface area contributed by atoms with E-state index in [0.717, 1.165) is 61.1 Å². The zero-order chi connectivity index (χ0) is 32.1. The van der Waals surface area contributed by atoms with Gasteiger partial charge in [-0.05, 0) is 68.2 Å². The van der Waals surface area contributed by atoms with Crippen molar-refractivity contribution in [2.24, 2.45) is 13.0 Å². The number of pyridine rings is 2. The molecule has 12 heteroatoms. The van der Waals surface area contributed by atoms with Crippen molar-refractivity contribution in [2.45, 2.75) is 37.8 Å². The predicted octanol–water partition coefficient (Wildman–Crippen LogP) is 4.83. The number of nitrogens with zero attached hydrogens (tertiary/aromatic N) is 5. The number of morpholine rings is 1. The molecule has 3 amide bonds. The van der Waals surface area contributed by atoms with Crippen molar-refractivity contribution in [1.82, 2.24) is 19.4 Å². The van der Waals surface area contributed by atoms with E-state index < -0.39 is 6.03 Å². The largest absolute Gasteiger partial charge is 0.452 e. The Bertz CT molecular complexity index is 1900. The van der Waals surface area contributed by atoms with E-state index in [2.05, 4.69) is 30.4 Å². The Morgan fingerprint density at radius 2 is 1.77 bits per heavy atom. The maximum absolute atomic E-state index is 13.6. The number of hydrogen-bond acceptors (Lipinski definition) is 8. The van der Waals surface area contributed by atoms with E-state index in [9.17, 15) is 14.4 Å². The summed E-state index contributed by atoms with van der Waals surface area (Å²) in [7, 11) is 1.93. The number of aromatic nitrogens is 3. The third kappa shape index (κ3) is 5.38. The molecule has 2 unspecified atom stereocenters. The van der Waals surface area contributed by atoms with Gasteiger partial charge in [0.15, 0.2) is 5.76 Å². The van der Waals surface area contributed by atoms with Gasteiger partial charge >= 0.3 is 6.03 Å². The summed E-state index contributed by atoms with van der Waals surface area (Å²) in [6.45, 7) is 2.82. The summed E-state index contributed by atoms with van der Waals surface area (Å²) in [5.74, 6) is 0.665. The van der Waals surface area contributed by atoms with Crippen LogP contribution in [0.1, 0.15) is 41.6 Å². The summed E-state index contributed by atoms with van der Waals surface area (Å²) < 4.78 is 13.7. The van der Waals surface area contributed by atoms with Gasteiger partial charge in [0, 0.05) is 67.0 Å². The zero-order valence-corrected chi connectivity index (χ0v) is 26.0. The molecule has 2 atom stereocenters. The third-order valence-electron chi connectivity index (χ3n) is 9.68. The number of piperidine rings is 1. The van der Waals surface area contributed by atoms with E-state index in [0.29, 0.717) is 35.9 Å². The second kappa shape index (κ2) is 11.8. The lowest BCUT2D eigenvalue weighted by molar-refractivity contribution is -0.146. The molecule has 8 rings (SSSR count). The van der Waals surface area contributed by atoms with Crippen molar-refractivity contribution in [3.63, 3.8) is 0 Å². The van der Waals surface area contributed by atoms with Crippen molar-refractivity contribution in [3.05, 3.63) is 78.1 Å². The minimum absolute atomic E-state index is 0.0194. The zero-order valence-electron chi connectivity index (χ0n) is 26.0. The first-order valence-electron chi connectivity index (χ1n) is 16.1. The Labute approximate surface area is 271 Å². The van der Waals surface area contributed by atoms with E-state index in [4.69, 9.17) is 9.47 Å². The molecule has 0 aliphatic carbocycles. The predicted molar refractivity (Wildman–Crippen MR) is 176 cm³/mol. The lowest BCUT2D eigenvalue weighted by atomic mass is 9.93. The molecule has 12 nitrogen and oxygen atoms in total. The first-order chi connectivity index (χ1) is 22.9. The minimum Gasteiger partial charge on any atom is -0.452 e. The quantitative estimate of drug-likeness (QED) is 0.299. The van der Waals surface area contributed by atoms with E-state index >= 15 is 0 Å². The second-order valence-electron chi connectivity index (χ2n) is 12.6. The number of allylic oxidation sites excluding steroid dienone is 1. The summed E-state index contributed by atoms with van der Waals surface area (Å²) in [6.07, 6.45) is 12.3. The second-order valence-corrected chi connectivity index (χ2v) is 12.6. The average Bonchev–Trinajstić information content (AvgIpc) is 3.67. The summed E-state index contributed by atoms with van der Waals surface area (Å²) in [4.78, 5) is 52.7. The molecular formula is C35H35N7O5. The molecule has 0 spiro atoms. The van der Waals surface area contributed by atoms with E-state index in [-0.39, 0.29) is 35.5 Å². The highest BCUT2D eigenvalue weighted by atomic mass is 16.5. The van der Waals surface area contributed by atoms with Crippen LogP contribution in [0, 0.1) is 5.92 Å². The highest BCUT2D eigenvalue weighted by Crippen LogP contribution is 2.38. The first kappa shape index (κ1) is 29.2. The van der Waals surface area contributed by atoms with Gasteiger partial charge in [0.05, 0.1) is 42.7 Å². The van der Waals surface area contributed by atoms with Gasteiger partial charge in [-0.1, -0.05) is 0 Å². The van der Waals surface area contributed by atoms with Gasteiger partial charge in [-0.15, -0.1) is 0 Å². The number of amides is 3. The van der Waals surface area contributed by atoms with Crippen LogP contribution in [-0.2, 0) is 16.6 Å². The van der Waals surface area contributed by atoms with E-state index in [1.54, 1.807) is 48.8 Å². The number of carbonyl (C=O) groups excluding carboxylic acids is 3. The van der Waals surface area contributed by atoms with Crippen LogP contribution < -0.4 is 20.3 Å². The first-order valence-corrected chi connectivity index (χ1v) is 16.1. The lowest BCUT2D eigenvalue weighted by Gasteiger charge is -2.40. The molecule has 4 aliphatic rings. The Balaban J connectivity index is 0.998. The van der Waals surface area contributed by atoms with Crippen LogP contribution in [0.4, 0.5) is 21.9 Å². The van der Waals surface area contributed by atoms with Gasteiger partial charge < -0.3 is 34.5 Å². The number of Topliss-reactive ketones (excluding diaryl/α,β-unsaturated/α-hetero) is 1. The number of urea groups is 1. The molecule has 2 N–H and O–H groups in total. The fourth-order valence-electron chi connectivity index (χ4n) is 7.40. The Kier molecular flexibility index (Phi) is 7.36. The van der Waals surface area contributed by atoms with Crippen LogP contribution in [0.3, 0.4) is 0 Å². The number of anilines is 3. The fraction of sp³-hybridized carbons (Fsp3) is 0.343. The molecule has 4 aromatic rings. The Morgan fingerprint density at radius 1 is 0.979 bits per heavy atom. The van der Waals surface area contributed by atoms with Gasteiger partial charge in [0.25, 0.3) is 0 Å².